The maximum atomic E-state index is 12.0. The standard InChI is InChI=1S/C32H28N4O3/c1-20-29(21(2)39-35-20)25-17-28-30(34-18-25)26(22-12-14-24(15-13-22)32(37)38-3)19-36(28)31(23-9-5-4-6-10-23)27-11-7-8-16-33-27/h4-19,21,29,31H,1-3H3/t21?,29?,31-/m0/s1. The summed E-state index contributed by atoms with van der Waals surface area (Å²) >= 11 is 0. The number of aromatic nitrogens is 3. The van der Waals surface area contributed by atoms with E-state index in [1.807, 2.05) is 68.7 Å². The molecular weight excluding hydrogens is 488 g/mol. The van der Waals surface area contributed by atoms with Crippen LogP contribution >= 0.6 is 0 Å². The van der Waals surface area contributed by atoms with Gasteiger partial charge in [-0.25, -0.2) is 4.79 Å². The molecule has 4 heterocycles. The summed E-state index contributed by atoms with van der Waals surface area (Å²) in [5.74, 6) is -0.339. The van der Waals surface area contributed by atoms with Gasteiger partial charge in [0.2, 0.25) is 0 Å². The van der Waals surface area contributed by atoms with Crippen LogP contribution in [-0.4, -0.2) is 39.4 Å². The van der Waals surface area contributed by atoms with E-state index >= 15 is 0 Å². The molecule has 39 heavy (non-hydrogen) atoms. The maximum Gasteiger partial charge on any atom is 0.337 e. The molecule has 0 amide bonds. The average molecular weight is 517 g/mol. The molecule has 3 atom stereocenters. The zero-order valence-corrected chi connectivity index (χ0v) is 22.0. The first-order chi connectivity index (χ1) is 19.0. The van der Waals surface area contributed by atoms with Gasteiger partial charge < -0.3 is 14.1 Å². The van der Waals surface area contributed by atoms with E-state index in [1.165, 1.54) is 7.11 Å². The highest BCUT2D eigenvalue weighted by Crippen LogP contribution is 2.38. The van der Waals surface area contributed by atoms with Gasteiger partial charge in [-0.1, -0.05) is 53.7 Å². The molecule has 194 valence electrons. The second-order valence-corrected chi connectivity index (χ2v) is 9.74. The number of carbonyl (C=O) groups excluding carboxylic acids is 1. The van der Waals surface area contributed by atoms with E-state index in [2.05, 4.69) is 40.2 Å². The predicted molar refractivity (Wildman–Crippen MR) is 151 cm³/mol. The molecule has 0 aliphatic carbocycles. The fraction of sp³-hybridized carbons (Fsp3) is 0.188. The van der Waals surface area contributed by atoms with Gasteiger partial charge in [0.25, 0.3) is 0 Å². The molecule has 1 aliphatic heterocycles. The Bertz CT molecular complexity index is 1620. The molecule has 2 aromatic carbocycles. The first-order valence-electron chi connectivity index (χ1n) is 12.9. The SMILES string of the molecule is COC(=O)c1ccc(-c2cn([C@@H](c3ccccc3)c3ccccn3)c3cc(C4C(C)=NOC4C)cnc23)cc1. The number of ether oxygens (including phenoxy) is 1. The number of pyridine rings is 2. The molecule has 0 spiro atoms. The highest BCUT2D eigenvalue weighted by molar-refractivity contribution is 5.96. The number of esters is 1. The van der Waals surface area contributed by atoms with Crippen LogP contribution in [0.3, 0.4) is 0 Å². The minimum atomic E-state index is -0.365. The minimum absolute atomic E-state index is 0.0260. The van der Waals surface area contributed by atoms with Crippen molar-refractivity contribution in [2.24, 2.45) is 5.16 Å². The molecule has 0 bridgehead atoms. The number of rotatable bonds is 6. The number of hydrogen-bond donors (Lipinski definition) is 0. The van der Waals surface area contributed by atoms with Crippen molar-refractivity contribution in [3.63, 3.8) is 0 Å². The molecule has 7 nitrogen and oxygen atoms in total. The van der Waals surface area contributed by atoms with Gasteiger partial charge in [0.15, 0.2) is 0 Å². The van der Waals surface area contributed by atoms with Crippen LogP contribution in [0.1, 0.15) is 53.0 Å². The van der Waals surface area contributed by atoms with Crippen molar-refractivity contribution < 1.29 is 14.4 Å². The van der Waals surface area contributed by atoms with Crippen molar-refractivity contribution in [1.29, 1.82) is 0 Å². The van der Waals surface area contributed by atoms with Crippen LogP contribution < -0.4 is 0 Å². The number of oxime groups is 1. The lowest BCUT2D eigenvalue weighted by molar-refractivity contribution is 0.0600. The first-order valence-corrected chi connectivity index (χ1v) is 12.9. The van der Waals surface area contributed by atoms with Gasteiger partial charge in [0.05, 0.1) is 41.0 Å². The molecule has 0 saturated heterocycles. The average Bonchev–Trinajstić information content (AvgIpc) is 3.52. The van der Waals surface area contributed by atoms with Gasteiger partial charge in [-0.05, 0) is 60.9 Å². The lowest BCUT2D eigenvalue weighted by Gasteiger charge is -2.21. The summed E-state index contributed by atoms with van der Waals surface area (Å²) < 4.78 is 7.13. The maximum absolute atomic E-state index is 12.0. The van der Waals surface area contributed by atoms with Gasteiger partial charge in [0, 0.05) is 24.2 Å². The number of nitrogens with zero attached hydrogens (tertiary/aromatic N) is 4. The van der Waals surface area contributed by atoms with Crippen molar-refractivity contribution in [1.82, 2.24) is 14.5 Å². The van der Waals surface area contributed by atoms with Crippen molar-refractivity contribution in [3.8, 4) is 11.1 Å². The third-order valence-corrected chi connectivity index (χ3v) is 7.31. The monoisotopic (exact) mass is 516 g/mol. The second kappa shape index (κ2) is 10.2. The Morgan fingerprint density at radius 1 is 1.00 bits per heavy atom. The number of fused-ring (bicyclic) bond motifs is 1. The predicted octanol–water partition coefficient (Wildman–Crippen LogP) is 6.40. The summed E-state index contributed by atoms with van der Waals surface area (Å²) in [5.41, 5.74) is 8.28. The fourth-order valence-corrected chi connectivity index (χ4v) is 5.42. The van der Waals surface area contributed by atoms with E-state index in [4.69, 9.17) is 19.5 Å². The largest absolute Gasteiger partial charge is 0.465 e. The Balaban J connectivity index is 1.58. The number of methoxy groups -OCH3 is 1. The van der Waals surface area contributed by atoms with Gasteiger partial charge in [-0.15, -0.1) is 0 Å². The number of carbonyl (C=O) groups is 1. The van der Waals surface area contributed by atoms with E-state index in [1.54, 1.807) is 12.1 Å². The Labute approximate surface area is 226 Å². The third kappa shape index (κ3) is 4.46. The smallest absolute Gasteiger partial charge is 0.337 e. The zero-order chi connectivity index (χ0) is 26.9. The Kier molecular flexibility index (Phi) is 6.40. The molecule has 6 rings (SSSR count). The Morgan fingerprint density at radius 2 is 1.77 bits per heavy atom. The molecule has 0 saturated carbocycles. The van der Waals surface area contributed by atoms with Gasteiger partial charge in [-0.2, -0.15) is 0 Å². The molecule has 5 aromatic rings. The molecule has 0 radical (unpaired) electrons. The van der Waals surface area contributed by atoms with E-state index in [0.29, 0.717) is 5.56 Å². The van der Waals surface area contributed by atoms with Crippen molar-refractivity contribution in [3.05, 3.63) is 120 Å². The Hall–Kier alpha value is -4.78. The summed E-state index contributed by atoms with van der Waals surface area (Å²) in [6, 6.07) is 25.8. The van der Waals surface area contributed by atoms with E-state index in [0.717, 1.165) is 44.7 Å². The minimum Gasteiger partial charge on any atom is -0.465 e. The fourth-order valence-electron chi connectivity index (χ4n) is 5.42. The molecule has 1 aliphatic rings. The highest BCUT2D eigenvalue weighted by atomic mass is 16.6. The molecular formula is C32H28N4O3. The van der Waals surface area contributed by atoms with Crippen molar-refractivity contribution >= 4 is 22.7 Å². The highest BCUT2D eigenvalue weighted by Gasteiger charge is 2.31. The summed E-state index contributed by atoms with van der Waals surface area (Å²) in [5, 5.41) is 4.22. The van der Waals surface area contributed by atoms with E-state index < -0.39 is 0 Å². The van der Waals surface area contributed by atoms with Crippen molar-refractivity contribution in [2.75, 3.05) is 7.11 Å². The summed E-state index contributed by atoms with van der Waals surface area (Å²) in [6.45, 7) is 4.02. The van der Waals surface area contributed by atoms with Crippen LogP contribution in [0.25, 0.3) is 22.2 Å². The quantitative estimate of drug-likeness (QED) is 0.244. The van der Waals surface area contributed by atoms with Crippen LogP contribution in [-0.2, 0) is 9.57 Å². The van der Waals surface area contributed by atoms with Gasteiger partial charge in [0.1, 0.15) is 12.1 Å². The molecule has 0 N–H and O–H groups in total. The number of benzene rings is 2. The molecule has 0 fully saturated rings. The molecule has 2 unspecified atom stereocenters. The van der Waals surface area contributed by atoms with Gasteiger partial charge in [-0.3, -0.25) is 9.97 Å². The second-order valence-electron chi connectivity index (χ2n) is 9.74. The summed E-state index contributed by atoms with van der Waals surface area (Å²) in [7, 11) is 1.38. The van der Waals surface area contributed by atoms with Gasteiger partial charge >= 0.3 is 5.97 Å². The van der Waals surface area contributed by atoms with E-state index in [9.17, 15) is 4.79 Å². The molecule has 7 heteroatoms. The normalized spacial score (nSPS) is 17.5. The first kappa shape index (κ1) is 24.6. The van der Waals surface area contributed by atoms with Crippen LogP contribution in [0.5, 0.6) is 0 Å². The summed E-state index contributed by atoms with van der Waals surface area (Å²) in [6.07, 6.45) is 5.81. The zero-order valence-electron chi connectivity index (χ0n) is 22.0. The van der Waals surface area contributed by atoms with E-state index in [-0.39, 0.29) is 24.0 Å². The molecule has 3 aromatic heterocycles. The third-order valence-electron chi connectivity index (χ3n) is 7.31. The number of hydrogen-bond acceptors (Lipinski definition) is 6. The summed E-state index contributed by atoms with van der Waals surface area (Å²) in [4.78, 5) is 27.4. The van der Waals surface area contributed by atoms with Crippen LogP contribution in [0.2, 0.25) is 0 Å². The Morgan fingerprint density at radius 3 is 2.44 bits per heavy atom. The lowest BCUT2D eigenvalue weighted by Crippen LogP contribution is -2.17. The van der Waals surface area contributed by atoms with Crippen LogP contribution in [0, 0.1) is 0 Å². The van der Waals surface area contributed by atoms with Crippen LogP contribution in [0.4, 0.5) is 0 Å². The van der Waals surface area contributed by atoms with Crippen molar-refractivity contribution in [2.45, 2.75) is 31.9 Å². The topological polar surface area (TPSA) is 78.6 Å². The lowest BCUT2D eigenvalue weighted by atomic mass is 9.91. The van der Waals surface area contributed by atoms with Crippen LogP contribution in [0.15, 0.2) is 103 Å².